The summed E-state index contributed by atoms with van der Waals surface area (Å²) in [4.78, 5) is 12.0. The second-order valence-corrected chi connectivity index (χ2v) is 4.63. The van der Waals surface area contributed by atoms with Crippen molar-refractivity contribution in [3.05, 3.63) is 61.1 Å². The van der Waals surface area contributed by atoms with Gasteiger partial charge in [0.25, 0.3) is 0 Å². The van der Waals surface area contributed by atoms with E-state index in [1.165, 1.54) is 5.39 Å². The molecule has 4 rings (SSSR count). The highest BCUT2D eigenvalue weighted by molar-refractivity contribution is 5.91. The van der Waals surface area contributed by atoms with Crippen LogP contribution < -0.4 is 5.32 Å². The van der Waals surface area contributed by atoms with E-state index in [0.29, 0.717) is 0 Å². The fourth-order valence-corrected chi connectivity index (χ4v) is 2.36. The lowest BCUT2D eigenvalue weighted by Gasteiger charge is -2.08. The Balaban J connectivity index is 1.80. The predicted octanol–water partition coefficient (Wildman–Crippen LogP) is 3.85. The lowest BCUT2D eigenvalue weighted by Crippen LogP contribution is -1.95. The molecule has 0 amide bonds. The quantitative estimate of drug-likeness (QED) is 0.575. The molecule has 0 atom stereocenters. The first-order chi connectivity index (χ1) is 9.90. The van der Waals surface area contributed by atoms with Gasteiger partial charge in [0, 0.05) is 35.2 Å². The number of hydrogen-bond acceptors (Lipinski definition) is 3. The molecule has 0 radical (unpaired) electrons. The Morgan fingerprint density at radius 1 is 0.950 bits per heavy atom. The van der Waals surface area contributed by atoms with Crippen molar-refractivity contribution in [1.29, 1.82) is 0 Å². The molecule has 0 unspecified atom stereocenters. The second kappa shape index (κ2) is 4.35. The summed E-state index contributed by atoms with van der Waals surface area (Å²) in [6.45, 7) is 0. The molecule has 0 spiro atoms. The van der Waals surface area contributed by atoms with Gasteiger partial charge in [-0.3, -0.25) is 4.98 Å². The van der Waals surface area contributed by atoms with Gasteiger partial charge in [0.2, 0.25) is 0 Å². The average molecular weight is 260 g/mol. The Bertz CT molecular complexity index is 890. The van der Waals surface area contributed by atoms with E-state index in [9.17, 15) is 0 Å². The van der Waals surface area contributed by atoms with E-state index < -0.39 is 0 Å². The maximum Gasteiger partial charge on any atom is 0.139 e. The molecular formula is C16H12N4. The van der Waals surface area contributed by atoms with Gasteiger partial charge in [0.1, 0.15) is 5.82 Å². The SMILES string of the molecule is c1cnc2ccnc(Nc3ccc4cc[nH]c4c3)c2c1. The van der Waals surface area contributed by atoms with Gasteiger partial charge in [-0.2, -0.15) is 0 Å². The van der Waals surface area contributed by atoms with Crippen LogP contribution in [0.4, 0.5) is 11.5 Å². The average Bonchev–Trinajstić information content (AvgIpc) is 2.95. The van der Waals surface area contributed by atoms with Crippen molar-refractivity contribution in [2.75, 3.05) is 5.32 Å². The third kappa shape index (κ3) is 1.78. The smallest absolute Gasteiger partial charge is 0.139 e. The van der Waals surface area contributed by atoms with Gasteiger partial charge in [-0.25, -0.2) is 4.98 Å². The van der Waals surface area contributed by atoms with Crippen molar-refractivity contribution in [3.8, 4) is 0 Å². The van der Waals surface area contributed by atoms with Gasteiger partial charge in [0.05, 0.1) is 5.52 Å². The van der Waals surface area contributed by atoms with Crippen molar-refractivity contribution in [2.24, 2.45) is 0 Å². The van der Waals surface area contributed by atoms with Crippen molar-refractivity contribution in [1.82, 2.24) is 15.0 Å². The minimum atomic E-state index is 0.821. The van der Waals surface area contributed by atoms with Crippen molar-refractivity contribution in [2.45, 2.75) is 0 Å². The van der Waals surface area contributed by atoms with Gasteiger partial charge >= 0.3 is 0 Å². The van der Waals surface area contributed by atoms with Gasteiger partial charge in [-0.05, 0) is 41.8 Å². The molecule has 0 aliphatic rings. The number of nitrogens with zero attached hydrogens (tertiary/aromatic N) is 2. The van der Waals surface area contributed by atoms with E-state index in [-0.39, 0.29) is 0 Å². The largest absolute Gasteiger partial charge is 0.361 e. The summed E-state index contributed by atoms with van der Waals surface area (Å²) in [7, 11) is 0. The van der Waals surface area contributed by atoms with Crippen molar-refractivity contribution in [3.63, 3.8) is 0 Å². The number of H-pyrrole nitrogens is 1. The van der Waals surface area contributed by atoms with E-state index in [2.05, 4.69) is 38.5 Å². The summed E-state index contributed by atoms with van der Waals surface area (Å²) in [5, 5.41) is 5.57. The summed E-state index contributed by atoms with van der Waals surface area (Å²) in [6.07, 6.45) is 5.50. The zero-order valence-electron chi connectivity index (χ0n) is 10.7. The minimum absolute atomic E-state index is 0.821. The molecule has 0 aliphatic carbocycles. The van der Waals surface area contributed by atoms with E-state index in [1.807, 2.05) is 30.5 Å². The Morgan fingerprint density at radius 3 is 2.95 bits per heavy atom. The standard InChI is InChI=1S/C16H12N4/c1-2-13-14(17-7-1)6-9-19-16(13)20-12-4-3-11-5-8-18-15(11)10-12/h1-10,18H,(H,19,20). The Morgan fingerprint density at radius 2 is 1.95 bits per heavy atom. The Hall–Kier alpha value is -2.88. The van der Waals surface area contributed by atoms with Crippen molar-refractivity contribution >= 4 is 33.3 Å². The Labute approximate surface area is 115 Å². The number of fused-ring (bicyclic) bond motifs is 2. The number of anilines is 2. The first-order valence-corrected chi connectivity index (χ1v) is 6.44. The molecule has 2 N–H and O–H groups in total. The molecule has 0 saturated heterocycles. The number of aromatic amines is 1. The molecule has 3 aromatic heterocycles. The number of aromatic nitrogens is 3. The van der Waals surface area contributed by atoms with Gasteiger partial charge in [0.15, 0.2) is 0 Å². The molecule has 0 bridgehead atoms. The fraction of sp³-hybridized carbons (Fsp3) is 0. The van der Waals surface area contributed by atoms with E-state index in [1.54, 1.807) is 12.4 Å². The van der Waals surface area contributed by atoms with Crippen LogP contribution >= 0.6 is 0 Å². The van der Waals surface area contributed by atoms with Gasteiger partial charge < -0.3 is 10.3 Å². The first kappa shape index (κ1) is 11.0. The number of benzene rings is 1. The zero-order chi connectivity index (χ0) is 13.4. The number of hydrogen-bond donors (Lipinski definition) is 2. The lowest BCUT2D eigenvalue weighted by molar-refractivity contribution is 1.31. The van der Waals surface area contributed by atoms with Crippen LogP contribution in [0, 0.1) is 0 Å². The molecule has 4 heteroatoms. The number of rotatable bonds is 2. The van der Waals surface area contributed by atoms with Crippen LogP contribution in [-0.4, -0.2) is 15.0 Å². The molecule has 20 heavy (non-hydrogen) atoms. The third-order valence-electron chi connectivity index (χ3n) is 3.35. The molecular weight excluding hydrogens is 248 g/mol. The van der Waals surface area contributed by atoms with E-state index >= 15 is 0 Å². The molecule has 1 aromatic carbocycles. The highest BCUT2D eigenvalue weighted by Gasteiger charge is 2.04. The Kier molecular flexibility index (Phi) is 2.39. The minimum Gasteiger partial charge on any atom is -0.361 e. The maximum atomic E-state index is 4.41. The van der Waals surface area contributed by atoms with Crippen LogP contribution in [0.25, 0.3) is 21.8 Å². The van der Waals surface area contributed by atoms with Crippen LogP contribution in [0.2, 0.25) is 0 Å². The summed E-state index contributed by atoms with van der Waals surface area (Å²) < 4.78 is 0. The molecule has 96 valence electrons. The normalized spacial score (nSPS) is 11.0. The molecule has 4 nitrogen and oxygen atoms in total. The topological polar surface area (TPSA) is 53.6 Å². The molecule has 0 saturated carbocycles. The van der Waals surface area contributed by atoms with Crippen LogP contribution in [0.15, 0.2) is 61.1 Å². The van der Waals surface area contributed by atoms with Crippen LogP contribution in [0.5, 0.6) is 0 Å². The lowest BCUT2D eigenvalue weighted by atomic mass is 10.2. The zero-order valence-corrected chi connectivity index (χ0v) is 10.7. The fourth-order valence-electron chi connectivity index (χ4n) is 2.36. The predicted molar refractivity (Wildman–Crippen MR) is 81.1 cm³/mol. The highest BCUT2D eigenvalue weighted by Crippen LogP contribution is 2.24. The van der Waals surface area contributed by atoms with Crippen LogP contribution in [0.3, 0.4) is 0 Å². The molecule has 0 fully saturated rings. The van der Waals surface area contributed by atoms with E-state index in [0.717, 1.165) is 27.9 Å². The number of pyridine rings is 2. The maximum absolute atomic E-state index is 4.41. The first-order valence-electron chi connectivity index (χ1n) is 6.44. The van der Waals surface area contributed by atoms with Gasteiger partial charge in [-0.1, -0.05) is 6.07 Å². The van der Waals surface area contributed by atoms with Crippen LogP contribution in [-0.2, 0) is 0 Å². The summed E-state index contributed by atoms with van der Waals surface area (Å²) in [5.74, 6) is 0.821. The summed E-state index contributed by atoms with van der Waals surface area (Å²) in [5.41, 5.74) is 3.04. The second-order valence-electron chi connectivity index (χ2n) is 4.63. The third-order valence-corrected chi connectivity index (χ3v) is 3.35. The molecule has 3 heterocycles. The summed E-state index contributed by atoms with van der Waals surface area (Å²) in [6, 6.07) is 14.1. The molecule has 0 aliphatic heterocycles. The summed E-state index contributed by atoms with van der Waals surface area (Å²) >= 11 is 0. The van der Waals surface area contributed by atoms with E-state index in [4.69, 9.17) is 0 Å². The number of nitrogens with one attached hydrogen (secondary N) is 2. The van der Waals surface area contributed by atoms with Crippen LogP contribution in [0.1, 0.15) is 0 Å². The monoisotopic (exact) mass is 260 g/mol. The van der Waals surface area contributed by atoms with Crippen molar-refractivity contribution < 1.29 is 0 Å². The van der Waals surface area contributed by atoms with Gasteiger partial charge in [-0.15, -0.1) is 0 Å². The highest BCUT2D eigenvalue weighted by atomic mass is 15.0. The molecule has 4 aromatic rings.